The molecule has 0 radical (unpaired) electrons. The lowest BCUT2D eigenvalue weighted by atomic mass is 9.94. The molecule has 5 nitrogen and oxygen atoms in total. The van der Waals surface area contributed by atoms with Gasteiger partial charge < -0.3 is 14.2 Å². The summed E-state index contributed by atoms with van der Waals surface area (Å²) in [5, 5.41) is 0.983. The number of aryl methyl sites for hydroxylation is 4. The molecule has 28 heavy (non-hydrogen) atoms. The quantitative estimate of drug-likeness (QED) is 0.565. The van der Waals surface area contributed by atoms with Gasteiger partial charge in [-0.3, -0.25) is 0 Å². The lowest BCUT2D eigenvalue weighted by Crippen LogP contribution is -2.27. The fourth-order valence-electron chi connectivity index (χ4n) is 4.16. The van der Waals surface area contributed by atoms with Gasteiger partial charge in [0.15, 0.2) is 0 Å². The molecular formula is C23H32N4O. The number of nitrogens with zero attached hydrogens (tertiary/aromatic N) is 4. The van der Waals surface area contributed by atoms with E-state index >= 15 is 0 Å². The minimum absolute atomic E-state index is 0.646. The summed E-state index contributed by atoms with van der Waals surface area (Å²) in [5.74, 6) is 1.39. The third-order valence-corrected chi connectivity index (χ3v) is 5.18. The summed E-state index contributed by atoms with van der Waals surface area (Å²) in [6.45, 7) is 12.7. The topological polar surface area (TPSA) is 43.2 Å². The third-order valence-electron chi connectivity index (χ3n) is 5.18. The van der Waals surface area contributed by atoms with Gasteiger partial charge in [-0.15, -0.1) is 0 Å². The van der Waals surface area contributed by atoms with E-state index in [2.05, 4.69) is 62.4 Å². The van der Waals surface area contributed by atoms with Crippen molar-refractivity contribution in [1.82, 2.24) is 14.5 Å². The summed E-state index contributed by atoms with van der Waals surface area (Å²) < 4.78 is 7.85. The molecule has 2 aromatic heterocycles. The maximum atomic E-state index is 5.76. The maximum absolute atomic E-state index is 5.76. The first-order chi connectivity index (χ1) is 13.4. The average Bonchev–Trinajstić information content (AvgIpc) is 2.96. The largest absolute Gasteiger partial charge is 0.480 e. The number of hydrogen-bond donors (Lipinski definition) is 0. The predicted molar refractivity (Wildman–Crippen MR) is 118 cm³/mol. The number of rotatable bonds is 7. The number of ether oxygens (including phenoxy) is 1. The molecule has 150 valence electrons. The second kappa shape index (κ2) is 8.21. The van der Waals surface area contributed by atoms with E-state index in [1.165, 1.54) is 22.3 Å². The van der Waals surface area contributed by atoms with Gasteiger partial charge in [0.1, 0.15) is 5.65 Å². The number of fused-ring (bicyclic) bond motifs is 1. The lowest BCUT2D eigenvalue weighted by Gasteiger charge is -2.22. The van der Waals surface area contributed by atoms with E-state index in [1.54, 1.807) is 7.11 Å². The molecule has 5 heteroatoms. The summed E-state index contributed by atoms with van der Waals surface area (Å²) in [5.41, 5.74) is 7.08. The summed E-state index contributed by atoms with van der Waals surface area (Å²) in [6.07, 6.45) is 4.27. The van der Waals surface area contributed by atoms with Gasteiger partial charge in [-0.25, -0.2) is 0 Å². The van der Waals surface area contributed by atoms with Crippen molar-refractivity contribution in [1.29, 1.82) is 0 Å². The van der Waals surface area contributed by atoms with Crippen molar-refractivity contribution in [2.45, 2.75) is 47.5 Å². The van der Waals surface area contributed by atoms with Crippen LogP contribution < -0.4 is 9.64 Å². The van der Waals surface area contributed by atoms with Crippen LogP contribution >= 0.6 is 0 Å². The van der Waals surface area contributed by atoms with Gasteiger partial charge in [-0.1, -0.05) is 31.5 Å². The van der Waals surface area contributed by atoms with Crippen molar-refractivity contribution in [3.63, 3.8) is 0 Å². The van der Waals surface area contributed by atoms with Gasteiger partial charge in [0, 0.05) is 31.9 Å². The molecule has 0 saturated heterocycles. The van der Waals surface area contributed by atoms with E-state index < -0.39 is 0 Å². The van der Waals surface area contributed by atoms with E-state index in [9.17, 15) is 0 Å². The molecule has 1 aromatic carbocycles. The van der Waals surface area contributed by atoms with Crippen LogP contribution in [0.25, 0.3) is 22.2 Å². The Kier molecular flexibility index (Phi) is 5.92. The summed E-state index contributed by atoms with van der Waals surface area (Å²) >= 11 is 0. The highest BCUT2D eigenvalue weighted by Crippen LogP contribution is 2.39. The molecule has 0 aliphatic carbocycles. The smallest absolute Gasteiger partial charge is 0.230 e. The van der Waals surface area contributed by atoms with Crippen molar-refractivity contribution in [2.75, 3.05) is 25.1 Å². The fourth-order valence-corrected chi connectivity index (χ4v) is 4.16. The van der Waals surface area contributed by atoms with Gasteiger partial charge in [-0.05, 0) is 50.3 Å². The molecule has 0 fully saturated rings. The first kappa shape index (κ1) is 20.2. The first-order valence-electron chi connectivity index (χ1n) is 10.1. The van der Waals surface area contributed by atoms with Crippen LogP contribution in [0.15, 0.2) is 18.3 Å². The average molecular weight is 381 g/mol. The fraction of sp³-hybridized carbons (Fsp3) is 0.478. The third kappa shape index (κ3) is 3.58. The standard InChI is InChI=1S/C23H32N4O/c1-8-10-27(11-9-2)23-24-21-20(22(25-23)28-7)18(14-26(21)6)19-16(4)12-15(3)13-17(19)5/h12-14H,8-11H2,1-7H3. The van der Waals surface area contributed by atoms with Crippen LogP contribution in [0.4, 0.5) is 5.95 Å². The monoisotopic (exact) mass is 380 g/mol. The second-order valence-corrected chi connectivity index (χ2v) is 7.65. The number of hydrogen-bond acceptors (Lipinski definition) is 4. The summed E-state index contributed by atoms with van der Waals surface area (Å²) in [4.78, 5) is 12.0. The normalized spacial score (nSPS) is 11.2. The Morgan fingerprint density at radius 1 is 1.00 bits per heavy atom. The van der Waals surface area contributed by atoms with E-state index in [4.69, 9.17) is 14.7 Å². The first-order valence-corrected chi connectivity index (χ1v) is 10.1. The lowest BCUT2D eigenvalue weighted by molar-refractivity contribution is 0.402. The van der Waals surface area contributed by atoms with Crippen LogP contribution in [0.2, 0.25) is 0 Å². The minimum atomic E-state index is 0.646. The predicted octanol–water partition coefficient (Wildman–Crippen LogP) is 5.20. The Labute approximate surface area is 168 Å². The van der Waals surface area contributed by atoms with Gasteiger partial charge in [0.05, 0.1) is 12.5 Å². The molecule has 0 atom stereocenters. The van der Waals surface area contributed by atoms with Crippen molar-refractivity contribution < 1.29 is 4.74 Å². The van der Waals surface area contributed by atoms with Crippen molar-refractivity contribution >= 4 is 17.0 Å². The number of anilines is 1. The molecule has 2 heterocycles. The minimum Gasteiger partial charge on any atom is -0.480 e. The Morgan fingerprint density at radius 2 is 1.61 bits per heavy atom. The van der Waals surface area contributed by atoms with Gasteiger partial charge in [0.25, 0.3) is 0 Å². The molecule has 0 N–H and O–H groups in total. The molecule has 0 spiro atoms. The van der Waals surface area contributed by atoms with Crippen LogP contribution in [0.3, 0.4) is 0 Å². The van der Waals surface area contributed by atoms with E-state index in [1.807, 2.05) is 7.05 Å². The van der Waals surface area contributed by atoms with E-state index in [0.717, 1.165) is 48.5 Å². The zero-order valence-corrected chi connectivity index (χ0v) is 18.3. The molecule has 0 bridgehead atoms. The summed E-state index contributed by atoms with van der Waals surface area (Å²) in [6, 6.07) is 4.46. The zero-order chi connectivity index (χ0) is 20.4. The molecule has 0 aliphatic rings. The highest BCUT2D eigenvalue weighted by Gasteiger charge is 2.21. The molecule has 0 unspecified atom stereocenters. The molecule has 0 saturated carbocycles. The second-order valence-electron chi connectivity index (χ2n) is 7.65. The van der Waals surface area contributed by atoms with Crippen molar-refractivity contribution in [3.8, 4) is 17.0 Å². The van der Waals surface area contributed by atoms with E-state index in [0.29, 0.717) is 5.88 Å². The summed E-state index contributed by atoms with van der Waals surface area (Å²) in [7, 11) is 3.74. The van der Waals surface area contributed by atoms with Crippen LogP contribution in [-0.2, 0) is 7.05 Å². The highest BCUT2D eigenvalue weighted by atomic mass is 16.5. The molecule has 3 rings (SSSR count). The van der Waals surface area contributed by atoms with Gasteiger partial charge in [-0.2, -0.15) is 9.97 Å². The van der Waals surface area contributed by atoms with Gasteiger partial charge in [0.2, 0.25) is 11.8 Å². The van der Waals surface area contributed by atoms with Gasteiger partial charge >= 0.3 is 0 Å². The Balaban J connectivity index is 2.26. The van der Waals surface area contributed by atoms with E-state index in [-0.39, 0.29) is 0 Å². The maximum Gasteiger partial charge on any atom is 0.230 e. The molecular weight excluding hydrogens is 348 g/mol. The Morgan fingerprint density at radius 3 is 2.14 bits per heavy atom. The Hall–Kier alpha value is -2.56. The number of aromatic nitrogens is 3. The molecule has 0 amide bonds. The zero-order valence-electron chi connectivity index (χ0n) is 18.3. The SMILES string of the molecule is CCCN(CCC)c1nc(OC)c2c(-c3c(C)cc(C)cc3C)cn(C)c2n1. The van der Waals surface area contributed by atoms with Crippen LogP contribution in [0.5, 0.6) is 5.88 Å². The Bertz CT molecular complexity index is 961. The molecule has 0 aliphatic heterocycles. The van der Waals surface area contributed by atoms with Crippen LogP contribution in [0.1, 0.15) is 43.4 Å². The number of methoxy groups -OCH3 is 1. The van der Waals surface area contributed by atoms with Crippen molar-refractivity contribution in [2.24, 2.45) is 7.05 Å². The van der Waals surface area contributed by atoms with Crippen LogP contribution in [-0.4, -0.2) is 34.7 Å². The van der Waals surface area contributed by atoms with Crippen LogP contribution in [0, 0.1) is 20.8 Å². The number of benzene rings is 1. The molecule has 3 aromatic rings. The van der Waals surface area contributed by atoms with Crippen molar-refractivity contribution in [3.05, 3.63) is 35.0 Å². The highest BCUT2D eigenvalue weighted by molar-refractivity contribution is 5.99.